The molecule has 1 unspecified atom stereocenters. The number of esters is 1. The van der Waals surface area contributed by atoms with Crippen LogP contribution in [-0.4, -0.2) is 12.6 Å². The lowest BCUT2D eigenvalue weighted by molar-refractivity contribution is -0.143. The summed E-state index contributed by atoms with van der Waals surface area (Å²) in [6.07, 6.45) is 0.425. The van der Waals surface area contributed by atoms with E-state index in [4.69, 9.17) is 10.5 Å². The predicted octanol–water partition coefficient (Wildman–Crippen LogP) is 2.33. The first-order chi connectivity index (χ1) is 7.13. The van der Waals surface area contributed by atoms with Crippen molar-refractivity contribution in [3.63, 3.8) is 0 Å². The van der Waals surface area contributed by atoms with E-state index in [0.29, 0.717) is 13.0 Å². The largest absolute Gasteiger partial charge is 0.465 e. The van der Waals surface area contributed by atoms with Crippen molar-refractivity contribution >= 4 is 11.7 Å². The van der Waals surface area contributed by atoms with Gasteiger partial charge in [0.15, 0.2) is 0 Å². The molecule has 0 bridgehead atoms. The predicted molar refractivity (Wildman–Crippen MR) is 60.5 cm³/mol. The maximum absolute atomic E-state index is 11.0. The third-order valence-corrected chi connectivity index (χ3v) is 2.29. The summed E-state index contributed by atoms with van der Waals surface area (Å²) in [6.45, 7) is 4.24. The minimum atomic E-state index is -0.155. The molecule has 0 aliphatic carbocycles. The van der Waals surface area contributed by atoms with Crippen LogP contribution in [0.1, 0.15) is 31.7 Å². The van der Waals surface area contributed by atoms with Crippen molar-refractivity contribution in [2.24, 2.45) is 0 Å². The fraction of sp³-hybridized carbons (Fsp3) is 0.417. The number of hydrogen-bond acceptors (Lipinski definition) is 3. The molecule has 0 amide bonds. The zero-order valence-electron chi connectivity index (χ0n) is 9.19. The smallest absolute Gasteiger partial charge is 0.305 e. The molecule has 0 heterocycles. The van der Waals surface area contributed by atoms with Gasteiger partial charge in [0.05, 0.1) is 6.61 Å². The van der Waals surface area contributed by atoms with E-state index < -0.39 is 0 Å². The normalized spacial score (nSPS) is 12.1. The first kappa shape index (κ1) is 11.6. The highest BCUT2D eigenvalue weighted by molar-refractivity contribution is 5.68. The van der Waals surface area contributed by atoms with E-state index in [0.717, 1.165) is 11.3 Å². The molecule has 1 aromatic rings. The van der Waals surface area contributed by atoms with Crippen molar-refractivity contribution < 1.29 is 9.53 Å². The van der Waals surface area contributed by atoms with Gasteiger partial charge in [-0.05, 0) is 17.7 Å². The molecule has 15 heavy (non-hydrogen) atoms. The van der Waals surface area contributed by atoms with Crippen LogP contribution in [0.5, 0.6) is 0 Å². The quantitative estimate of drug-likeness (QED) is 0.609. The van der Waals surface area contributed by atoms with Crippen LogP contribution >= 0.6 is 0 Å². The van der Waals surface area contributed by atoms with Crippen molar-refractivity contribution in [3.05, 3.63) is 29.8 Å². The Morgan fingerprint density at radius 3 is 2.53 bits per heavy atom. The Kier molecular flexibility index (Phi) is 4.16. The van der Waals surface area contributed by atoms with E-state index in [1.807, 2.05) is 31.2 Å². The van der Waals surface area contributed by atoms with Crippen molar-refractivity contribution in [1.82, 2.24) is 0 Å². The molecule has 82 valence electrons. The molecule has 0 saturated heterocycles. The third-order valence-electron chi connectivity index (χ3n) is 2.29. The molecule has 0 aliphatic rings. The van der Waals surface area contributed by atoms with Crippen LogP contribution in [0.25, 0.3) is 0 Å². The van der Waals surface area contributed by atoms with E-state index in [1.54, 1.807) is 6.92 Å². The van der Waals surface area contributed by atoms with Crippen LogP contribution in [0.3, 0.4) is 0 Å². The Morgan fingerprint density at radius 1 is 1.40 bits per heavy atom. The monoisotopic (exact) mass is 207 g/mol. The van der Waals surface area contributed by atoms with Gasteiger partial charge in [0.25, 0.3) is 0 Å². The highest BCUT2D eigenvalue weighted by Gasteiger charge is 2.07. The number of ether oxygens (including phenoxy) is 1. The Morgan fingerprint density at radius 2 is 2.00 bits per heavy atom. The molecule has 0 radical (unpaired) electrons. The Labute approximate surface area is 90.2 Å². The molecule has 2 N–H and O–H groups in total. The first-order valence-corrected chi connectivity index (χ1v) is 5.14. The Balaban J connectivity index is 2.50. The number of nitrogens with two attached hydrogens (primary N) is 1. The summed E-state index contributed by atoms with van der Waals surface area (Å²) in [4.78, 5) is 11.0. The SMILES string of the molecule is CCC(=O)OCC(C)c1ccc(N)cc1. The first-order valence-electron chi connectivity index (χ1n) is 5.14. The van der Waals surface area contributed by atoms with Crippen LogP contribution in [-0.2, 0) is 9.53 Å². The summed E-state index contributed by atoms with van der Waals surface area (Å²) in [5.74, 6) is 0.0541. The molecule has 3 nitrogen and oxygen atoms in total. The standard InChI is InChI=1S/C12H17NO2/c1-3-12(14)15-8-9(2)10-4-6-11(13)7-5-10/h4-7,9H,3,8,13H2,1-2H3. The molecular weight excluding hydrogens is 190 g/mol. The van der Waals surface area contributed by atoms with Crippen LogP contribution in [0.4, 0.5) is 5.69 Å². The summed E-state index contributed by atoms with van der Waals surface area (Å²) < 4.78 is 5.07. The number of carbonyl (C=O) groups is 1. The van der Waals surface area contributed by atoms with Gasteiger partial charge >= 0.3 is 5.97 Å². The number of carbonyl (C=O) groups excluding carboxylic acids is 1. The van der Waals surface area contributed by atoms with Gasteiger partial charge in [-0.1, -0.05) is 26.0 Å². The molecule has 0 aromatic heterocycles. The van der Waals surface area contributed by atoms with Crippen molar-refractivity contribution in [1.29, 1.82) is 0 Å². The van der Waals surface area contributed by atoms with E-state index in [-0.39, 0.29) is 11.9 Å². The fourth-order valence-electron chi connectivity index (χ4n) is 1.24. The lowest BCUT2D eigenvalue weighted by Crippen LogP contribution is -2.09. The van der Waals surface area contributed by atoms with E-state index >= 15 is 0 Å². The lowest BCUT2D eigenvalue weighted by atomic mass is 10.0. The molecule has 0 fully saturated rings. The minimum Gasteiger partial charge on any atom is -0.465 e. The van der Waals surface area contributed by atoms with Crippen LogP contribution < -0.4 is 5.73 Å². The van der Waals surface area contributed by atoms with Crippen LogP contribution in [0, 0.1) is 0 Å². The maximum atomic E-state index is 11.0. The maximum Gasteiger partial charge on any atom is 0.305 e. The molecule has 0 spiro atoms. The number of hydrogen-bond donors (Lipinski definition) is 1. The zero-order chi connectivity index (χ0) is 11.3. The van der Waals surface area contributed by atoms with Gasteiger partial charge in [0, 0.05) is 18.0 Å². The van der Waals surface area contributed by atoms with E-state index in [9.17, 15) is 4.79 Å². The average molecular weight is 207 g/mol. The molecule has 1 rings (SSSR count). The zero-order valence-corrected chi connectivity index (χ0v) is 9.19. The van der Waals surface area contributed by atoms with Gasteiger partial charge in [-0.25, -0.2) is 0 Å². The van der Waals surface area contributed by atoms with Gasteiger partial charge in [-0.3, -0.25) is 4.79 Å². The lowest BCUT2D eigenvalue weighted by Gasteiger charge is -2.12. The van der Waals surface area contributed by atoms with Crippen LogP contribution in [0.2, 0.25) is 0 Å². The molecule has 1 aromatic carbocycles. The molecule has 3 heteroatoms. The highest BCUT2D eigenvalue weighted by Crippen LogP contribution is 2.17. The topological polar surface area (TPSA) is 52.3 Å². The van der Waals surface area contributed by atoms with Crippen molar-refractivity contribution in [2.45, 2.75) is 26.2 Å². The number of nitrogen functional groups attached to an aromatic ring is 1. The molecular formula is C12H17NO2. The van der Waals surface area contributed by atoms with Gasteiger partial charge in [0.2, 0.25) is 0 Å². The summed E-state index contributed by atoms with van der Waals surface area (Å²) in [7, 11) is 0. The van der Waals surface area contributed by atoms with E-state index in [1.165, 1.54) is 0 Å². The summed E-state index contributed by atoms with van der Waals surface area (Å²) in [6, 6.07) is 7.63. The minimum absolute atomic E-state index is 0.155. The fourth-order valence-corrected chi connectivity index (χ4v) is 1.24. The van der Waals surface area contributed by atoms with E-state index in [2.05, 4.69) is 0 Å². The van der Waals surface area contributed by atoms with Gasteiger partial charge < -0.3 is 10.5 Å². The summed E-state index contributed by atoms with van der Waals surface area (Å²) in [5.41, 5.74) is 7.46. The molecule has 0 saturated carbocycles. The molecule has 1 atom stereocenters. The average Bonchev–Trinajstić information content (AvgIpc) is 2.26. The number of anilines is 1. The van der Waals surface area contributed by atoms with Crippen molar-refractivity contribution in [2.75, 3.05) is 12.3 Å². The van der Waals surface area contributed by atoms with Crippen molar-refractivity contribution in [3.8, 4) is 0 Å². The van der Waals surface area contributed by atoms with Gasteiger partial charge in [-0.2, -0.15) is 0 Å². The Hall–Kier alpha value is -1.51. The number of benzene rings is 1. The summed E-state index contributed by atoms with van der Waals surface area (Å²) in [5, 5.41) is 0. The van der Waals surface area contributed by atoms with Gasteiger partial charge in [-0.15, -0.1) is 0 Å². The molecule has 0 aliphatic heterocycles. The van der Waals surface area contributed by atoms with Gasteiger partial charge in [0.1, 0.15) is 0 Å². The Bertz CT molecular complexity index is 319. The second-order valence-electron chi connectivity index (χ2n) is 3.60. The second-order valence-corrected chi connectivity index (χ2v) is 3.60. The summed E-state index contributed by atoms with van der Waals surface area (Å²) >= 11 is 0. The highest BCUT2D eigenvalue weighted by atomic mass is 16.5. The third kappa shape index (κ3) is 3.62. The van der Waals surface area contributed by atoms with Crippen LogP contribution in [0.15, 0.2) is 24.3 Å². The number of rotatable bonds is 4. The second kappa shape index (κ2) is 5.39.